The number of ether oxygens (including phenoxy) is 2. The molecule has 1 aliphatic rings. The minimum atomic E-state index is -0.412. The third kappa shape index (κ3) is 2.31. The topological polar surface area (TPSA) is 86.7 Å². The lowest BCUT2D eigenvalue weighted by atomic mass is 10.2. The molecule has 104 valence electrons. The number of anilines is 1. The van der Waals surface area contributed by atoms with Gasteiger partial charge in [-0.05, 0) is 12.1 Å². The van der Waals surface area contributed by atoms with Crippen LogP contribution in [0.1, 0.15) is 16.3 Å². The minimum absolute atomic E-state index is 0.140. The SMILES string of the molecule is NCc1ccc(C(=O)Nc2cc3c(cc2Cl)OCO3)o1. The summed E-state index contributed by atoms with van der Waals surface area (Å²) in [6.07, 6.45) is 0. The first-order valence-corrected chi connectivity index (χ1v) is 6.24. The van der Waals surface area contributed by atoms with Gasteiger partial charge in [-0.1, -0.05) is 11.6 Å². The van der Waals surface area contributed by atoms with Crippen molar-refractivity contribution in [3.8, 4) is 11.5 Å². The van der Waals surface area contributed by atoms with Gasteiger partial charge in [-0.15, -0.1) is 0 Å². The first kappa shape index (κ1) is 12.8. The molecular formula is C13H11ClN2O4. The van der Waals surface area contributed by atoms with E-state index in [0.29, 0.717) is 28.0 Å². The van der Waals surface area contributed by atoms with E-state index in [9.17, 15) is 4.79 Å². The van der Waals surface area contributed by atoms with Gasteiger partial charge in [0.05, 0.1) is 17.3 Å². The van der Waals surface area contributed by atoms with Gasteiger partial charge < -0.3 is 24.9 Å². The second-order valence-electron chi connectivity index (χ2n) is 4.11. The first-order valence-electron chi connectivity index (χ1n) is 5.86. The van der Waals surface area contributed by atoms with Gasteiger partial charge in [0.15, 0.2) is 17.3 Å². The van der Waals surface area contributed by atoms with E-state index in [2.05, 4.69) is 5.32 Å². The molecule has 0 aliphatic carbocycles. The quantitative estimate of drug-likeness (QED) is 0.907. The molecule has 1 amide bonds. The highest BCUT2D eigenvalue weighted by atomic mass is 35.5. The highest BCUT2D eigenvalue weighted by Gasteiger charge is 2.19. The maximum Gasteiger partial charge on any atom is 0.291 e. The number of carbonyl (C=O) groups excluding carboxylic acids is 1. The molecule has 3 N–H and O–H groups in total. The molecule has 7 heteroatoms. The van der Waals surface area contributed by atoms with Crippen LogP contribution in [-0.4, -0.2) is 12.7 Å². The van der Waals surface area contributed by atoms with E-state index in [1.807, 2.05) is 0 Å². The van der Waals surface area contributed by atoms with E-state index < -0.39 is 5.91 Å². The summed E-state index contributed by atoms with van der Waals surface area (Å²) in [5.41, 5.74) is 5.85. The Bertz CT molecular complexity index is 668. The number of nitrogens with one attached hydrogen (secondary N) is 1. The van der Waals surface area contributed by atoms with Gasteiger partial charge >= 0.3 is 0 Å². The molecule has 2 aromatic rings. The smallest absolute Gasteiger partial charge is 0.291 e. The fourth-order valence-electron chi connectivity index (χ4n) is 1.81. The Balaban J connectivity index is 1.82. The summed E-state index contributed by atoms with van der Waals surface area (Å²) < 4.78 is 15.7. The Morgan fingerprint density at radius 3 is 2.75 bits per heavy atom. The maximum absolute atomic E-state index is 12.0. The number of nitrogens with two attached hydrogens (primary N) is 1. The first-order chi connectivity index (χ1) is 9.67. The molecule has 3 rings (SSSR count). The lowest BCUT2D eigenvalue weighted by molar-refractivity contribution is 0.0995. The molecule has 1 aromatic heterocycles. The fourth-order valence-corrected chi connectivity index (χ4v) is 2.01. The zero-order chi connectivity index (χ0) is 14.1. The van der Waals surface area contributed by atoms with Crippen molar-refractivity contribution < 1.29 is 18.7 Å². The summed E-state index contributed by atoms with van der Waals surface area (Å²) in [5.74, 6) is 1.37. The molecule has 2 heterocycles. The van der Waals surface area contributed by atoms with Crippen LogP contribution in [0.15, 0.2) is 28.7 Å². The van der Waals surface area contributed by atoms with Crippen LogP contribution in [0.3, 0.4) is 0 Å². The number of hydrogen-bond acceptors (Lipinski definition) is 5. The van der Waals surface area contributed by atoms with E-state index in [0.717, 1.165) is 0 Å². The summed E-state index contributed by atoms with van der Waals surface area (Å²) in [4.78, 5) is 12.0. The van der Waals surface area contributed by atoms with Crippen molar-refractivity contribution in [2.75, 3.05) is 12.1 Å². The summed E-state index contributed by atoms with van der Waals surface area (Å²) in [5, 5.41) is 3.01. The van der Waals surface area contributed by atoms with Gasteiger partial charge in [0.1, 0.15) is 5.76 Å². The number of fused-ring (bicyclic) bond motifs is 1. The van der Waals surface area contributed by atoms with E-state index >= 15 is 0 Å². The van der Waals surface area contributed by atoms with Crippen LogP contribution in [0.4, 0.5) is 5.69 Å². The molecule has 0 unspecified atom stereocenters. The van der Waals surface area contributed by atoms with Crippen molar-refractivity contribution in [1.29, 1.82) is 0 Å². The molecule has 0 atom stereocenters. The van der Waals surface area contributed by atoms with Crippen LogP contribution in [-0.2, 0) is 6.54 Å². The maximum atomic E-state index is 12.0. The van der Waals surface area contributed by atoms with Crippen LogP contribution >= 0.6 is 11.6 Å². The number of rotatable bonds is 3. The zero-order valence-electron chi connectivity index (χ0n) is 10.3. The Labute approximate surface area is 119 Å². The normalized spacial score (nSPS) is 12.5. The van der Waals surface area contributed by atoms with Crippen molar-refractivity contribution in [2.24, 2.45) is 5.73 Å². The minimum Gasteiger partial charge on any atom is -0.455 e. The van der Waals surface area contributed by atoms with Gasteiger partial charge in [0.25, 0.3) is 5.91 Å². The molecular weight excluding hydrogens is 284 g/mol. The lowest BCUT2D eigenvalue weighted by Crippen LogP contribution is -2.11. The summed E-state index contributed by atoms with van der Waals surface area (Å²) in [7, 11) is 0. The molecule has 1 aliphatic heterocycles. The molecule has 1 aromatic carbocycles. The lowest BCUT2D eigenvalue weighted by Gasteiger charge is -2.07. The van der Waals surface area contributed by atoms with Gasteiger partial charge in [-0.2, -0.15) is 0 Å². The van der Waals surface area contributed by atoms with E-state index in [-0.39, 0.29) is 19.1 Å². The standard InChI is InChI=1S/C13H11ClN2O4/c14-8-3-11-12(19-6-18-11)4-9(8)16-13(17)10-2-1-7(5-15)20-10/h1-4H,5-6,15H2,(H,16,17). The number of furan rings is 1. The van der Waals surface area contributed by atoms with E-state index in [4.69, 9.17) is 31.2 Å². The fraction of sp³-hybridized carbons (Fsp3) is 0.154. The Kier molecular flexibility index (Phi) is 3.25. The molecule has 0 radical (unpaired) electrons. The third-order valence-electron chi connectivity index (χ3n) is 2.80. The van der Waals surface area contributed by atoms with Gasteiger partial charge in [-0.25, -0.2) is 0 Å². The predicted molar refractivity (Wildman–Crippen MR) is 72.1 cm³/mol. The number of benzene rings is 1. The largest absolute Gasteiger partial charge is 0.455 e. The Hall–Kier alpha value is -2.18. The van der Waals surface area contributed by atoms with Crippen molar-refractivity contribution in [3.05, 3.63) is 40.8 Å². The van der Waals surface area contributed by atoms with Crippen molar-refractivity contribution >= 4 is 23.2 Å². The molecule has 0 bridgehead atoms. The van der Waals surface area contributed by atoms with Crippen LogP contribution in [0.5, 0.6) is 11.5 Å². The summed E-state index contributed by atoms with van der Waals surface area (Å²) in [6, 6.07) is 6.40. The molecule has 0 spiro atoms. The number of amides is 1. The second kappa shape index (κ2) is 5.07. The Morgan fingerprint density at radius 2 is 2.05 bits per heavy atom. The van der Waals surface area contributed by atoms with Gasteiger partial charge in [-0.3, -0.25) is 4.79 Å². The third-order valence-corrected chi connectivity index (χ3v) is 3.11. The zero-order valence-corrected chi connectivity index (χ0v) is 11.1. The van der Waals surface area contributed by atoms with Crippen LogP contribution in [0.25, 0.3) is 0 Å². The summed E-state index contributed by atoms with van der Waals surface area (Å²) in [6.45, 7) is 0.374. The summed E-state index contributed by atoms with van der Waals surface area (Å²) >= 11 is 6.07. The molecule has 0 fully saturated rings. The van der Waals surface area contributed by atoms with Crippen molar-refractivity contribution in [1.82, 2.24) is 0 Å². The van der Waals surface area contributed by atoms with Crippen LogP contribution in [0.2, 0.25) is 5.02 Å². The monoisotopic (exact) mass is 294 g/mol. The number of carbonyl (C=O) groups is 1. The average molecular weight is 295 g/mol. The Morgan fingerprint density at radius 1 is 1.30 bits per heavy atom. The number of halogens is 1. The van der Waals surface area contributed by atoms with Crippen LogP contribution < -0.4 is 20.5 Å². The molecule has 6 nitrogen and oxygen atoms in total. The van der Waals surface area contributed by atoms with Gasteiger partial charge in [0, 0.05) is 12.1 Å². The van der Waals surface area contributed by atoms with E-state index in [1.165, 1.54) is 0 Å². The van der Waals surface area contributed by atoms with Gasteiger partial charge in [0.2, 0.25) is 6.79 Å². The second-order valence-corrected chi connectivity index (χ2v) is 4.52. The molecule has 0 saturated carbocycles. The van der Waals surface area contributed by atoms with E-state index in [1.54, 1.807) is 24.3 Å². The average Bonchev–Trinajstić information content (AvgIpc) is 3.07. The highest BCUT2D eigenvalue weighted by molar-refractivity contribution is 6.34. The predicted octanol–water partition coefficient (Wildman–Crippen LogP) is 2.37. The van der Waals surface area contributed by atoms with Crippen molar-refractivity contribution in [3.63, 3.8) is 0 Å². The van der Waals surface area contributed by atoms with Crippen molar-refractivity contribution in [2.45, 2.75) is 6.54 Å². The molecule has 0 saturated heterocycles. The van der Waals surface area contributed by atoms with Crippen LogP contribution in [0, 0.1) is 0 Å². The highest BCUT2D eigenvalue weighted by Crippen LogP contribution is 2.39. The molecule has 20 heavy (non-hydrogen) atoms. The number of hydrogen-bond donors (Lipinski definition) is 2.